The number of rotatable bonds is 9. The van der Waals surface area contributed by atoms with Crippen LogP contribution in [0.3, 0.4) is 0 Å². The van der Waals surface area contributed by atoms with Gasteiger partial charge in [0, 0.05) is 25.2 Å². The van der Waals surface area contributed by atoms with E-state index in [-0.39, 0.29) is 0 Å². The van der Waals surface area contributed by atoms with Crippen LogP contribution in [0.1, 0.15) is 42.4 Å². The molecule has 0 saturated heterocycles. The molecule has 4 aromatic rings. The summed E-state index contributed by atoms with van der Waals surface area (Å²) in [6, 6.07) is 40.8. The van der Waals surface area contributed by atoms with Crippen molar-refractivity contribution in [2.75, 3.05) is 0 Å². The molecule has 0 spiro atoms. The fourth-order valence-electron chi connectivity index (χ4n) is 5.37. The first kappa shape index (κ1) is 30.3. The van der Waals surface area contributed by atoms with Crippen LogP contribution >= 0.6 is 28.2 Å². The summed E-state index contributed by atoms with van der Waals surface area (Å²) in [5.41, 5.74) is 4.19. The van der Waals surface area contributed by atoms with E-state index in [2.05, 4.69) is 127 Å². The fraction of sp³-hybridized carbons (Fsp3) is 0.273. The molecule has 6 heteroatoms. The van der Waals surface area contributed by atoms with Gasteiger partial charge < -0.3 is 10.6 Å². The third-order valence-electron chi connectivity index (χ3n) is 7.40. The van der Waals surface area contributed by atoms with Crippen molar-refractivity contribution in [3.63, 3.8) is 0 Å². The first-order valence-electron chi connectivity index (χ1n) is 13.5. The number of hydrogen-bond donors (Lipinski definition) is 2. The molecule has 0 heterocycles. The van der Waals surface area contributed by atoms with Crippen LogP contribution in [0.5, 0.6) is 0 Å². The molecule has 0 bridgehead atoms. The number of halogens is 2. The van der Waals surface area contributed by atoms with Crippen molar-refractivity contribution in [3.05, 3.63) is 126 Å². The van der Waals surface area contributed by atoms with E-state index in [0.717, 1.165) is 13.1 Å². The van der Waals surface area contributed by atoms with Crippen molar-refractivity contribution in [3.8, 4) is 0 Å². The van der Waals surface area contributed by atoms with Gasteiger partial charge in [-0.15, -0.1) is 0 Å². The van der Waals surface area contributed by atoms with E-state index in [1.807, 2.05) is 0 Å². The summed E-state index contributed by atoms with van der Waals surface area (Å²) in [4.78, 5) is 0. The summed E-state index contributed by atoms with van der Waals surface area (Å²) >= 11 is 0.382. The second-order valence-corrected chi connectivity index (χ2v) is 13.8. The molecule has 5 rings (SSSR count). The van der Waals surface area contributed by atoms with E-state index in [4.69, 9.17) is 20.3 Å². The van der Waals surface area contributed by atoms with Gasteiger partial charge in [-0.1, -0.05) is 122 Å². The van der Waals surface area contributed by atoms with Gasteiger partial charge in [0.1, 0.15) is 0 Å². The Morgan fingerprint density at radius 3 is 1.62 bits per heavy atom. The average molecular weight is 622 g/mol. The van der Waals surface area contributed by atoms with Crippen molar-refractivity contribution < 1.29 is 12.9 Å². The number of aryl methyl sites for hydroxylation is 1. The monoisotopic (exact) mass is 621 g/mol. The summed E-state index contributed by atoms with van der Waals surface area (Å²) in [6.45, 7) is 4.06. The molecule has 0 aliphatic heterocycles. The van der Waals surface area contributed by atoms with E-state index in [9.17, 15) is 0 Å². The van der Waals surface area contributed by atoms with E-state index in [0.29, 0.717) is 25.0 Å². The molecular formula is C33H37Cl2CoN2P. The Hall–Kier alpha value is -1.68. The fourth-order valence-corrected chi connectivity index (χ4v) is 7.84. The molecule has 2 N–H and O–H groups in total. The van der Waals surface area contributed by atoms with Crippen LogP contribution in [0.15, 0.2) is 109 Å². The zero-order valence-electron chi connectivity index (χ0n) is 22.3. The molecule has 0 aromatic heterocycles. The van der Waals surface area contributed by atoms with E-state index in [1.54, 1.807) is 0 Å². The number of hydrogen-bond acceptors (Lipinski definition) is 2. The molecule has 4 aromatic carbocycles. The molecule has 2 nitrogen and oxygen atoms in total. The quantitative estimate of drug-likeness (QED) is 0.191. The van der Waals surface area contributed by atoms with Crippen molar-refractivity contribution >= 4 is 44.1 Å². The Kier molecular flexibility index (Phi) is 12.8. The molecular weight excluding hydrogens is 585 g/mol. The number of nitrogens with one attached hydrogen (secondary N) is 2. The molecule has 1 saturated carbocycles. The van der Waals surface area contributed by atoms with Crippen LogP contribution in [0.2, 0.25) is 0 Å². The SMILES string of the molecule is Cc1ccccc1CNC1CCCCC1NCc1ccccc1P(c1ccccc1)c1ccccc1.[Cl][Co][Cl]. The molecule has 207 valence electrons. The third-order valence-corrected chi connectivity index (χ3v) is 9.95. The Labute approximate surface area is 250 Å². The van der Waals surface area contributed by atoms with E-state index in [1.165, 1.54) is 58.3 Å². The Morgan fingerprint density at radius 1 is 0.641 bits per heavy atom. The second kappa shape index (κ2) is 16.5. The second-order valence-electron chi connectivity index (χ2n) is 9.87. The maximum absolute atomic E-state index is 4.73. The van der Waals surface area contributed by atoms with Gasteiger partial charge in [-0.2, -0.15) is 0 Å². The molecule has 0 amide bonds. The summed E-state index contributed by atoms with van der Waals surface area (Å²) in [5, 5.41) is 12.1. The van der Waals surface area contributed by atoms with Crippen LogP contribution in [0, 0.1) is 6.92 Å². The van der Waals surface area contributed by atoms with E-state index < -0.39 is 7.92 Å². The summed E-state index contributed by atoms with van der Waals surface area (Å²) < 4.78 is 0. The molecule has 0 radical (unpaired) electrons. The normalized spacial score (nSPS) is 17.0. The molecule has 1 aliphatic rings. The molecule has 2 atom stereocenters. The third kappa shape index (κ3) is 8.90. The maximum atomic E-state index is 4.73. The van der Waals surface area contributed by atoms with Crippen LogP contribution in [-0.2, 0) is 26.0 Å². The van der Waals surface area contributed by atoms with Crippen LogP contribution in [-0.4, -0.2) is 12.1 Å². The zero-order valence-corrected chi connectivity index (χ0v) is 25.8. The minimum absolute atomic E-state index is 0.382. The predicted molar refractivity (Wildman–Crippen MR) is 168 cm³/mol. The van der Waals surface area contributed by atoms with Gasteiger partial charge in [0.15, 0.2) is 0 Å². The van der Waals surface area contributed by atoms with Crippen molar-refractivity contribution in [1.82, 2.24) is 10.6 Å². The Bertz CT molecular complexity index is 1220. The first-order chi connectivity index (χ1) is 19.2. The van der Waals surface area contributed by atoms with Gasteiger partial charge in [0.2, 0.25) is 0 Å². The average Bonchev–Trinajstić information content (AvgIpc) is 2.98. The minimum atomic E-state index is -0.603. The van der Waals surface area contributed by atoms with Crippen molar-refractivity contribution in [1.29, 1.82) is 0 Å². The van der Waals surface area contributed by atoms with Crippen molar-refractivity contribution in [2.24, 2.45) is 0 Å². The Balaban J connectivity index is 0.00000112. The van der Waals surface area contributed by atoms with Crippen LogP contribution in [0.4, 0.5) is 0 Å². The Morgan fingerprint density at radius 2 is 1.08 bits per heavy atom. The molecule has 2 unspecified atom stereocenters. The van der Waals surface area contributed by atoms with Gasteiger partial charge in [0.05, 0.1) is 0 Å². The van der Waals surface area contributed by atoms with Gasteiger partial charge in [-0.05, 0) is 60.3 Å². The zero-order chi connectivity index (χ0) is 27.3. The van der Waals surface area contributed by atoms with Gasteiger partial charge in [0.25, 0.3) is 0 Å². The molecule has 39 heavy (non-hydrogen) atoms. The predicted octanol–water partition coefficient (Wildman–Crippen LogP) is 7.32. The van der Waals surface area contributed by atoms with Gasteiger partial charge in [-0.3, -0.25) is 0 Å². The van der Waals surface area contributed by atoms with Crippen LogP contribution < -0.4 is 26.5 Å². The van der Waals surface area contributed by atoms with Crippen LogP contribution in [0.25, 0.3) is 0 Å². The van der Waals surface area contributed by atoms with E-state index >= 15 is 0 Å². The summed E-state index contributed by atoms with van der Waals surface area (Å²) in [5.74, 6) is 0. The topological polar surface area (TPSA) is 24.1 Å². The standard InChI is InChI=1S/C33H37N2P.2ClH.Co/c1-26-14-8-9-15-27(26)24-34-31-21-11-12-22-32(31)35-25-28-16-10-13-23-33(28)36(29-17-4-2-5-18-29)30-19-6-3-7-20-30;;;/h2-10,13-20,23,31-32,34-35H,11-12,21-22,24-25H2,1H3;2*1H;/q;;;+2/p-2. The first-order valence-corrected chi connectivity index (χ1v) is 17.7. The van der Waals surface area contributed by atoms with Gasteiger partial charge in [-0.25, -0.2) is 0 Å². The summed E-state index contributed by atoms with van der Waals surface area (Å²) in [7, 11) is 8.86. The number of benzene rings is 4. The van der Waals surface area contributed by atoms with Crippen molar-refractivity contribution in [2.45, 2.75) is 57.8 Å². The molecule has 1 aliphatic carbocycles. The molecule has 1 fully saturated rings. The van der Waals surface area contributed by atoms with Gasteiger partial charge >= 0.3 is 33.2 Å². The summed E-state index contributed by atoms with van der Waals surface area (Å²) in [6.07, 6.45) is 5.10.